The molecule has 0 bridgehead atoms. The first-order valence-electron chi connectivity index (χ1n) is 9.46. The summed E-state index contributed by atoms with van der Waals surface area (Å²) in [6.07, 6.45) is -4.82. The second kappa shape index (κ2) is 9.51. The first-order valence-corrected chi connectivity index (χ1v) is 9.46. The third kappa shape index (κ3) is 5.52. The number of hydrogen-bond acceptors (Lipinski definition) is 5. The maximum absolute atomic E-state index is 12.9. The van der Waals surface area contributed by atoms with Crippen LogP contribution in [-0.4, -0.2) is 31.5 Å². The van der Waals surface area contributed by atoms with Crippen LogP contribution in [0.2, 0.25) is 0 Å². The number of benzene rings is 2. The summed E-state index contributed by atoms with van der Waals surface area (Å²) in [4.78, 5) is 24.2. The van der Waals surface area contributed by atoms with Gasteiger partial charge in [-0.05, 0) is 36.8 Å². The first-order chi connectivity index (χ1) is 15.1. The number of fused-ring (bicyclic) bond motifs is 1. The molecule has 0 aromatic heterocycles. The molecule has 3 rings (SSSR count). The van der Waals surface area contributed by atoms with Crippen LogP contribution in [0, 0.1) is 0 Å². The summed E-state index contributed by atoms with van der Waals surface area (Å²) in [6, 6.07) is 6.24. The molecule has 6 nitrogen and oxygen atoms in total. The van der Waals surface area contributed by atoms with Crippen LogP contribution in [0.25, 0.3) is 0 Å². The number of Topliss-reactive ketones (excluding diaryl/α,β-unsaturated/α-hetero) is 1. The van der Waals surface area contributed by atoms with Crippen LogP contribution in [0.1, 0.15) is 30.4 Å². The average Bonchev–Trinajstić information content (AvgIpc) is 3.01. The Morgan fingerprint density at radius 2 is 1.88 bits per heavy atom. The largest absolute Gasteiger partial charge is 0.453 e. The molecule has 11 heteroatoms. The second-order valence-electron chi connectivity index (χ2n) is 6.81. The van der Waals surface area contributed by atoms with Crippen LogP contribution < -0.4 is 14.8 Å². The third-order valence-electron chi connectivity index (χ3n) is 4.59. The fourth-order valence-electron chi connectivity index (χ4n) is 3.16. The van der Waals surface area contributed by atoms with Gasteiger partial charge < -0.3 is 19.5 Å². The number of anilines is 1. The third-order valence-corrected chi connectivity index (χ3v) is 4.59. The number of amides is 1. The van der Waals surface area contributed by atoms with Gasteiger partial charge in [0.25, 0.3) is 0 Å². The number of carbonyl (C=O) groups is 2. The van der Waals surface area contributed by atoms with Crippen molar-refractivity contribution in [3.8, 4) is 17.2 Å². The normalized spacial score (nSPS) is 15.5. The second-order valence-corrected chi connectivity index (χ2v) is 6.81. The van der Waals surface area contributed by atoms with Gasteiger partial charge in [0.05, 0.1) is 11.5 Å². The van der Waals surface area contributed by atoms with Crippen LogP contribution in [-0.2, 0) is 20.5 Å². The van der Waals surface area contributed by atoms with Crippen molar-refractivity contribution in [2.45, 2.75) is 32.1 Å². The topological polar surface area (TPSA) is 73.9 Å². The van der Waals surface area contributed by atoms with E-state index in [9.17, 15) is 31.5 Å². The molecule has 0 saturated carbocycles. The molecule has 1 heterocycles. The smallest absolute Gasteiger partial charge is 0.416 e. The number of ether oxygens (including phenoxy) is 3. The number of hydrogen-bond donors (Lipinski definition) is 1. The molecular formula is C21H18F5NO5. The van der Waals surface area contributed by atoms with Gasteiger partial charge in [0.15, 0.2) is 17.3 Å². The monoisotopic (exact) mass is 459 g/mol. The Hall–Kier alpha value is -3.21. The van der Waals surface area contributed by atoms with E-state index in [-0.39, 0.29) is 30.3 Å². The number of halogens is 5. The van der Waals surface area contributed by atoms with Crippen LogP contribution in [0.5, 0.6) is 17.2 Å². The maximum Gasteiger partial charge on any atom is 0.416 e. The summed E-state index contributed by atoms with van der Waals surface area (Å²) in [5.74, 6) is -2.48. The highest BCUT2D eigenvalue weighted by molar-refractivity contribution is 6.05. The molecule has 2 aromatic carbocycles. The lowest BCUT2D eigenvalue weighted by atomic mass is 9.95. The van der Waals surface area contributed by atoms with E-state index in [1.54, 1.807) is 6.92 Å². The molecule has 2 aromatic rings. The van der Waals surface area contributed by atoms with E-state index >= 15 is 0 Å². The molecule has 172 valence electrons. The minimum absolute atomic E-state index is 0.0595. The summed E-state index contributed by atoms with van der Waals surface area (Å²) in [7, 11) is 0. The van der Waals surface area contributed by atoms with Gasteiger partial charge in [0.2, 0.25) is 5.91 Å². The fourth-order valence-corrected chi connectivity index (χ4v) is 3.16. The van der Waals surface area contributed by atoms with Crippen molar-refractivity contribution in [1.29, 1.82) is 0 Å². The Labute approximate surface area is 179 Å². The van der Waals surface area contributed by atoms with Gasteiger partial charge in [-0.1, -0.05) is 6.07 Å². The molecule has 0 radical (unpaired) electrons. The van der Waals surface area contributed by atoms with Gasteiger partial charge in [-0.2, -0.15) is 22.0 Å². The van der Waals surface area contributed by atoms with E-state index in [0.29, 0.717) is 30.0 Å². The van der Waals surface area contributed by atoms with Gasteiger partial charge in [-0.15, -0.1) is 0 Å². The van der Waals surface area contributed by atoms with E-state index in [4.69, 9.17) is 9.47 Å². The first kappa shape index (κ1) is 23.5. The Bertz CT molecular complexity index is 1010. The number of carbonyl (C=O) groups excluding carboxylic acids is 2. The Morgan fingerprint density at radius 3 is 2.53 bits per heavy atom. The molecule has 1 aliphatic rings. The molecule has 0 aliphatic carbocycles. The van der Waals surface area contributed by atoms with Gasteiger partial charge in [0, 0.05) is 24.8 Å². The molecule has 0 spiro atoms. The van der Waals surface area contributed by atoms with E-state index in [2.05, 4.69) is 10.1 Å². The lowest BCUT2D eigenvalue weighted by Gasteiger charge is -2.15. The van der Waals surface area contributed by atoms with E-state index < -0.39 is 35.9 Å². The van der Waals surface area contributed by atoms with E-state index in [0.717, 1.165) is 6.07 Å². The Kier molecular flexibility index (Phi) is 6.97. The molecule has 1 N–H and O–H groups in total. The number of ketones is 1. The van der Waals surface area contributed by atoms with E-state index in [1.165, 1.54) is 18.2 Å². The Morgan fingerprint density at radius 1 is 1.12 bits per heavy atom. The van der Waals surface area contributed by atoms with Gasteiger partial charge >= 0.3 is 12.8 Å². The molecule has 1 unspecified atom stereocenters. The zero-order valence-electron chi connectivity index (χ0n) is 16.7. The molecule has 32 heavy (non-hydrogen) atoms. The van der Waals surface area contributed by atoms with Crippen molar-refractivity contribution in [3.05, 3.63) is 47.5 Å². The predicted molar refractivity (Wildman–Crippen MR) is 102 cm³/mol. The van der Waals surface area contributed by atoms with Crippen LogP contribution in [0.15, 0.2) is 36.4 Å². The van der Waals surface area contributed by atoms with E-state index in [1.807, 2.05) is 0 Å². The maximum atomic E-state index is 12.9. The summed E-state index contributed by atoms with van der Waals surface area (Å²) >= 11 is 0. The minimum Gasteiger partial charge on any atom is -0.453 e. The predicted octanol–water partition coefficient (Wildman–Crippen LogP) is 5.13. The van der Waals surface area contributed by atoms with Crippen LogP contribution in [0.4, 0.5) is 27.6 Å². The van der Waals surface area contributed by atoms with Crippen molar-refractivity contribution < 1.29 is 45.8 Å². The van der Waals surface area contributed by atoms with Crippen molar-refractivity contribution in [3.63, 3.8) is 0 Å². The lowest BCUT2D eigenvalue weighted by molar-refractivity contribution is -0.138. The highest BCUT2D eigenvalue weighted by Gasteiger charge is 2.33. The van der Waals surface area contributed by atoms with Gasteiger partial charge in [0.1, 0.15) is 12.4 Å². The fraction of sp³-hybridized carbons (Fsp3) is 0.333. The number of nitrogens with one attached hydrogen (secondary N) is 1. The Balaban J connectivity index is 1.82. The number of alkyl halides is 5. The molecule has 1 atom stereocenters. The van der Waals surface area contributed by atoms with Crippen molar-refractivity contribution >= 4 is 17.4 Å². The van der Waals surface area contributed by atoms with Crippen molar-refractivity contribution in [1.82, 2.24) is 0 Å². The molecule has 1 aliphatic heterocycles. The zero-order chi connectivity index (χ0) is 23.5. The summed E-state index contributed by atoms with van der Waals surface area (Å²) in [5, 5.41) is 2.60. The summed E-state index contributed by atoms with van der Waals surface area (Å²) < 4.78 is 78.7. The van der Waals surface area contributed by atoms with Gasteiger partial charge in [-0.25, -0.2) is 0 Å². The molecule has 0 fully saturated rings. The molecule has 0 saturated heterocycles. The average molecular weight is 459 g/mol. The standard InChI is InChI=1S/C21H18F5NO5/c1-2-30-10-12(28)8-15-14-5-4-13(9-16(14)27-19(15)29)31-17-6-3-11(21(24,25)26)7-18(17)32-20(22)23/h3-7,9,15,20H,2,8,10H2,1H3,(H,27,29). The van der Waals surface area contributed by atoms with Crippen LogP contribution in [0.3, 0.4) is 0 Å². The van der Waals surface area contributed by atoms with Crippen molar-refractivity contribution in [2.75, 3.05) is 18.5 Å². The van der Waals surface area contributed by atoms with Crippen LogP contribution >= 0.6 is 0 Å². The molecular weight excluding hydrogens is 441 g/mol. The lowest BCUT2D eigenvalue weighted by Crippen LogP contribution is -2.18. The molecule has 1 amide bonds. The number of rotatable bonds is 9. The quantitative estimate of drug-likeness (QED) is 0.527. The summed E-state index contributed by atoms with van der Waals surface area (Å²) in [5.41, 5.74) is -0.310. The van der Waals surface area contributed by atoms with Crippen molar-refractivity contribution in [2.24, 2.45) is 0 Å². The highest BCUT2D eigenvalue weighted by atomic mass is 19.4. The summed E-state index contributed by atoms with van der Waals surface area (Å²) in [6.45, 7) is -1.38. The highest BCUT2D eigenvalue weighted by Crippen LogP contribution is 2.41. The van der Waals surface area contributed by atoms with Gasteiger partial charge in [-0.3, -0.25) is 9.59 Å². The zero-order valence-corrected chi connectivity index (χ0v) is 16.7. The SMILES string of the molecule is CCOCC(=O)CC1C(=O)Nc2cc(Oc3ccc(C(F)(F)F)cc3OC(F)F)ccc21. The minimum atomic E-state index is -4.76.